The average molecular weight is 300 g/mol. The Bertz CT molecular complexity index is 605. The number of hydrogen-bond acceptors (Lipinski definition) is 3. The third-order valence-electron chi connectivity index (χ3n) is 4.41. The van der Waals surface area contributed by atoms with E-state index in [1.165, 1.54) is 33.8 Å². The molecule has 2 atom stereocenters. The highest BCUT2D eigenvalue weighted by molar-refractivity contribution is 7.12. The number of benzene rings is 1. The number of hydrogen-bond donors (Lipinski definition) is 1. The zero-order valence-electron chi connectivity index (χ0n) is 12.9. The first kappa shape index (κ1) is 14.6. The zero-order chi connectivity index (χ0) is 14.8. The highest BCUT2D eigenvalue weighted by Crippen LogP contribution is 2.38. The summed E-state index contributed by atoms with van der Waals surface area (Å²) in [5.41, 5.74) is 9.35. The second-order valence-electron chi connectivity index (χ2n) is 5.89. The fourth-order valence-corrected chi connectivity index (χ4v) is 4.35. The minimum atomic E-state index is 0.175. The summed E-state index contributed by atoms with van der Waals surface area (Å²) in [6.07, 6.45) is 3.40. The second kappa shape index (κ2) is 6.20. The van der Waals surface area contributed by atoms with E-state index in [-0.39, 0.29) is 6.04 Å². The number of nitrogens with two attached hydrogens (primary N) is 1. The van der Waals surface area contributed by atoms with Gasteiger partial charge in [0.2, 0.25) is 0 Å². The van der Waals surface area contributed by atoms with Gasteiger partial charge in [0.25, 0.3) is 0 Å². The Hall–Kier alpha value is -1.32. The van der Waals surface area contributed by atoms with Gasteiger partial charge in [0, 0.05) is 28.0 Å². The summed E-state index contributed by atoms with van der Waals surface area (Å²) in [6.45, 7) is 5.47. The fourth-order valence-electron chi connectivity index (χ4n) is 3.28. The SMILES string of the molecule is CCC(N)C(c1ccc(C)s1)N1CCCc2ccccc21. The number of fused-ring (bicyclic) bond motifs is 1. The minimum absolute atomic E-state index is 0.175. The highest BCUT2D eigenvalue weighted by Gasteiger charge is 2.30. The van der Waals surface area contributed by atoms with Crippen LogP contribution < -0.4 is 10.6 Å². The largest absolute Gasteiger partial charge is 0.362 e. The quantitative estimate of drug-likeness (QED) is 0.912. The maximum atomic E-state index is 6.51. The van der Waals surface area contributed by atoms with E-state index in [2.05, 4.69) is 55.1 Å². The van der Waals surface area contributed by atoms with Gasteiger partial charge in [-0.1, -0.05) is 25.1 Å². The van der Waals surface area contributed by atoms with Crippen molar-refractivity contribution in [2.75, 3.05) is 11.4 Å². The van der Waals surface area contributed by atoms with Crippen molar-refractivity contribution < 1.29 is 0 Å². The van der Waals surface area contributed by atoms with Crippen LogP contribution in [0.5, 0.6) is 0 Å². The summed E-state index contributed by atoms with van der Waals surface area (Å²) in [5, 5.41) is 0. The third kappa shape index (κ3) is 2.85. The molecule has 21 heavy (non-hydrogen) atoms. The van der Waals surface area contributed by atoms with Gasteiger partial charge in [-0.05, 0) is 49.9 Å². The molecule has 0 radical (unpaired) electrons. The molecule has 0 saturated carbocycles. The predicted molar refractivity (Wildman–Crippen MR) is 92.2 cm³/mol. The normalized spacial score (nSPS) is 17.4. The van der Waals surface area contributed by atoms with Crippen LogP contribution in [0.25, 0.3) is 0 Å². The van der Waals surface area contributed by atoms with Crippen LogP contribution in [0, 0.1) is 6.92 Å². The maximum absolute atomic E-state index is 6.51. The number of rotatable bonds is 4. The first-order valence-electron chi connectivity index (χ1n) is 7.87. The van der Waals surface area contributed by atoms with Crippen LogP contribution in [0.2, 0.25) is 0 Å². The Labute approximate surface area is 131 Å². The molecule has 1 aromatic heterocycles. The van der Waals surface area contributed by atoms with Crippen LogP contribution >= 0.6 is 11.3 Å². The molecule has 0 saturated heterocycles. The van der Waals surface area contributed by atoms with E-state index in [9.17, 15) is 0 Å². The lowest BCUT2D eigenvalue weighted by Crippen LogP contribution is -2.43. The molecule has 112 valence electrons. The van der Waals surface area contributed by atoms with Gasteiger partial charge >= 0.3 is 0 Å². The molecule has 3 rings (SSSR count). The first-order chi connectivity index (χ1) is 10.2. The standard InChI is InChI=1S/C18H24N2S/c1-3-15(19)18(17-11-10-13(2)21-17)20-12-6-8-14-7-4-5-9-16(14)20/h4-5,7,9-11,15,18H,3,6,8,12,19H2,1-2H3. The number of thiophene rings is 1. The van der Waals surface area contributed by atoms with Gasteiger partial charge < -0.3 is 10.6 Å². The zero-order valence-corrected chi connectivity index (χ0v) is 13.7. The molecule has 0 amide bonds. The van der Waals surface area contributed by atoms with Crippen molar-refractivity contribution in [2.45, 2.75) is 45.2 Å². The van der Waals surface area contributed by atoms with Crippen LogP contribution in [0.4, 0.5) is 5.69 Å². The van der Waals surface area contributed by atoms with Crippen molar-refractivity contribution in [3.05, 3.63) is 51.7 Å². The number of aryl methyl sites for hydroxylation is 2. The lowest BCUT2D eigenvalue weighted by molar-refractivity contribution is 0.481. The predicted octanol–water partition coefficient (Wildman–Crippen LogP) is 4.29. The van der Waals surface area contributed by atoms with Crippen LogP contribution in [0.1, 0.15) is 41.1 Å². The summed E-state index contributed by atoms with van der Waals surface area (Å²) in [4.78, 5) is 5.31. The van der Waals surface area contributed by atoms with E-state index < -0.39 is 0 Å². The van der Waals surface area contributed by atoms with Crippen molar-refractivity contribution in [3.8, 4) is 0 Å². The summed E-state index contributed by atoms with van der Waals surface area (Å²) >= 11 is 1.89. The lowest BCUT2D eigenvalue weighted by atomic mass is 9.96. The topological polar surface area (TPSA) is 29.3 Å². The van der Waals surface area contributed by atoms with E-state index in [1.807, 2.05) is 11.3 Å². The van der Waals surface area contributed by atoms with E-state index >= 15 is 0 Å². The monoisotopic (exact) mass is 300 g/mol. The number of nitrogens with zero attached hydrogens (tertiary/aromatic N) is 1. The average Bonchev–Trinajstić information content (AvgIpc) is 2.93. The van der Waals surface area contributed by atoms with Crippen molar-refractivity contribution in [3.63, 3.8) is 0 Å². The van der Waals surface area contributed by atoms with Crippen molar-refractivity contribution in [2.24, 2.45) is 5.73 Å². The highest BCUT2D eigenvalue weighted by atomic mass is 32.1. The molecule has 0 aliphatic carbocycles. The van der Waals surface area contributed by atoms with Gasteiger partial charge in [0.1, 0.15) is 0 Å². The molecule has 2 heterocycles. The van der Waals surface area contributed by atoms with E-state index in [4.69, 9.17) is 5.73 Å². The van der Waals surface area contributed by atoms with E-state index in [0.29, 0.717) is 6.04 Å². The van der Waals surface area contributed by atoms with Gasteiger partial charge in [-0.2, -0.15) is 0 Å². The van der Waals surface area contributed by atoms with Crippen molar-refractivity contribution >= 4 is 17.0 Å². The van der Waals surface area contributed by atoms with Gasteiger partial charge in [0.15, 0.2) is 0 Å². The van der Waals surface area contributed by atoms with Gasteiger partial charge in [-0.3, -0.25) is 0 Å². The Balaban J connectivity index is 2.02. The molecular weight excluding hydrogens is 276 g/mol. The molecule has 1 aromatic carbocycles. The molecule has 1 aliphatic heterocycles. The molecular formula is C18H24N2S. The number of para-hydroxylation sites is 1. The van der Waals surface area contributed by atoms with Crippen molar-refractivity contribution in [1.29, 1.82) is 0 Å². The smallest absolute Gasteiger partial charge is 0.0785 e. The van der Waals surface area contributed by atoms with Crippen LogP contribution in [-0.4, -0.2) is 12.6 Å². The molecule has 2 aromatic rings. The van der Waals surface area contributed by atoms with E-state index in [1.54, 1.807) is 0 Å². The van der Waals surface area contributed by atoms with Crippen LogP contribution in [0.15, 0.2) is 36.4 Å². The summed E-state index contributed by atoms with van der Waals surface area (Å²) in [6, 6.07) is 13.8. The Morgan fingerprint density at radius 1 is 1.24 bits per heavy atom. The Kier molecular flexibility index (Phi) is 4.32. The molecule has 2 N–H and O–H groups in total. The molecule has 2 unspecified atom stereocenters. The molecule has 3 heteroatoms. The molecule has 1 aliphatic rings. The molecule has 0 bridgehead atoms. The summed E-state index contributed by atoms with van der Waals surface area (Å²) in [7, 11) is 0. The summed E-state index contributed by atoms with van der Waals surface area (Å²) < 4.78 is 0. The molecule has 0 fully saturated rings. The van der Waals surface area contributed by atoms with Gasteiger partial charge in [-0.25, -0.2) is 0 Å². The van der Waals surface area contributed by atoms with E-state index in [0.717, 1.165) is 13.0 Å². The fraction of sp³-hybridized carbons (Fsp3) is 0.444. The molecule has 2 nitrogen and oxygen atoms in total. The van der Waals surface area contributed by atoms with Gasteiger partial charge in [-0.15, -0.1) is 11.3 Å². The molecule has 0 spiro atoms. The number of anilines is 1. The van der Waals surface area contributed by atoms with Crippen LogP contribution in [0.3, 0.4) is 0 Å². The Morgan fingerprint density at radius 3 is 2.76 bits per heavy atom. The summed E-state index contributed by atoms with van der Waals surface area (Å²) in [5.74, 6) is 0. The van der Waals surface area contributed by atoms with Crippen LogP contribution in [-0.2, 0) is 6.42 Å². The second-order valence-corrected chi connectivity index (χ2v) is 7.21. The Morgan fingerprint density at radius 2 is 2.05 bits per heavy atom. The van der Waals surface area contributed by atoms with Crippen molar-refractivity contribution in [1.82, 2.24) is 0 Å². The first-order valence-corrected chi connectivity index (χ1v) is 8.69. The van der Waals surface area contributed by atoms with Gasteiger partial charge in [0.05, 0.1) is 6.04 Å². The maximum Gasteiger partial charge on any atom is 0.0785 e. The lowest BCUT2D eigenvalue weighted by Gasteiger charge is -2.40. The third-order valence-corrected chi connectivity index (χ3v) is 5.48. The minimum Gasteiger partial charge on any atom is -0.362 e.